The van der Waals surface area contributed by atoms with Gasteiger partial charge in [0.25, 0.3) is 0 Å². The second-order valence-electron chi connectivity index (χ2n) is 4.52. The van der Waals surface area contributed by atoms with Crippen LogP contribution < -0.4 is 0 Å². The molecule has 0 aliphatic carbocycles. The molecule has 0 bridgehead atoms. The van der Waals surface area contributed by atoms with Crippen LogP contribution in [0.5, 0.6) is 0 Å². The van der Waals surface area contributed by atoms with Crippen molar-refractivity contribution >= 4 is 17.6 Å². The summed E-state index contributed by atoms with van der Waals surface area (Å²) in [6, 6.07) is 7.65. The Labute approximate surface area is 116 Å². The topological polar surface area (TPSA) is 55.1 Å². The summed E-state index contributed by atoms with van der Waals surface area (Å²) >= 11 is 6.11. The number of nitrogens with zero attached hydrogens (tertiary/aromatic N) is 2. The molecule has 5 heteroatoms. The second-order valence-corrected chi connectivity index (χ2v) is 4.92. The van der Waals surface area contributed by atoms with Crippen LogP contribution in [0.3, 0.4) is 0 Å². The minimum absolute atomic E-state index is 0.0884. The van der Waals surface area contributed by atoms with Crippen LogP contribution in [-0.4, -0.2) is 20.9 Å². The number of aryl methyl sites for hydroxylation is 3. The molecular formula is C14H15ClN2O2. The molecule has 4 nitrogen and oxygen atoms in total. The molecule has 0 radical (unpaired) electrons. The molecule has 0 atom stereocenters. The zero-order chi connectivity index (χ0) is 14.0. The number of benzene rings is 1. The lowest BCUT2D eigenvalue weighted by Gasteiger charge is -2.06. The third-order valence-electron chi connectivity index (χ3n) is 2.93. The van der Waals surface area contributed by atoms with Crippen LogP contribution in [0.25, 0.3) is 5.69 Å². The predicted octanol–water partition coefficient (Wildman–Crippen LogP) is 3.16. The Bertz CT molecular complexity index is 620. The van der Waals surface area contributed by atoms with E-state index in [0.717, 1.165) is 22.6 Å². The quantitative estimate of drug-likeness (QED) is 0.935. The standard InChI is InChI=1S/C14H15ClN2O2/c1-9-3-5-12(8-13(9)15)17-10(2)7-11(16-17)4-6-14(18)19/h3,5,7-8H,4,6H2,1-2H3,(H,18,19). The monoisotopic (exact) mass is 278 g/mol. The molecule has 0 fully saturated rings. The van der Waals surface area contributed by atoms with Gasteiger partial charge < -0.3 is 5.11 Å². The Morgan fingerprint density at radius 2 is 2.11 bits per heavy atom. The number of carboxylic acids is 1. The van der Waals surface area contributed by atoms with Crippen molar-refractivity contribution in [1.29, 1.82) is 0 Å². The van der Waals surface area contributed by atoms with Gasteiger partial charge in [-0.15, -0.1) is 0 Å². The molecule has 0 unspecified atom stereocenters. The fraction of sp³-hybridized carbons (Fsp3) is 0.286. The Kier molecular flexibility index (Phi) is 3.90. The van der Waals surface area contributed by atoms with Gasteiger partial charge >= 0.3 is 5.97 Å². The lowest BCUT2D eigenvalue weighted by molar-refractivity contribution is -0.136. The van der Waals surface area contributed by atoms with E-state index in [0.29, 0.717) is 11.4 Å². The van der Waals surface area contributed by atoms with E-state index in [2.05, 4.69) is 5.10 Å². The molecule has 1 heterocycles. The Morgan fingerprint density at radius 3 is 2.74 bits per heavy atom. The number of hydrogen-bond acceptors (Lipinski definition) is 2. The van der Waals surface area contributed by atoms with Crippen molar-refractivity contribution in [3.63, 3.8) is 0 Å². The first kappa shape index (κ1) is 13.6. The highest BCUT2D eigenvalue weighted by atomic mass is 35.5. The number of carbonyl (C=O) groups is 1. The molecule has 0 saturated heterocycles. The van der Waals surface area contributed by atoms with Crippen LogP contribution >= 0.6 is 11.6 Å². The SMILES string of the molecule is Cc1ccc(-n2nc(CCC(=O)O)cc2C)cc1Cl. The molecule has 2 aromatic rings. The number of hydrogen-bond donors (Lipinski definition) is 1. The molecule has 1 aromatic carbocycles. The summed E-state index contributed by atoms with van der Waals surface area (Å²) in [6.45, 7) is 3.88. The van der Waals surface area contributed by atoms with Gasteiger partial charge in [0.05, 0.1) is 17.8 Å². The minimum Gasteiger partial charge on any atom is -0.481 e. The molecule has 0 spiro atoms. The average Bonchev–Trinajstić information content (AvgIpc) is 2.72. The second kappa shape index (κ2) is 5.45. The molecule has 1 aromatic heterocycles. The summed E-state index contributed by atoms with van der Waals surface area (Å²) in [6.07, 6.45) is 0.522. The van der Waals surface area contributed by atoms with Gasteiger partial charge in [0.15, 0.2) is 0 Å². The van der Waals surface area contributed by atoms with Crippen molar-refractivity contribution in [2.24, 2.45) is 0 Å². The number of aliphatic carboxylic acids is 1. The van der Waals surface area contributed by atoms with E-state index in [9.17, 15) is 4.79 Å². The zero-order valence-electron chi connectivity index (χ0n) is 10.9. The highest BCUT2D eigenvalue weighted by Gasteiger charge is 2.09. The molecule has 19 heavy (non-hydrogen) atoms. The van der Waals surface area contributed by atoms with Crippen LogP contribution in [0.4, 0.5) is 0 Å². The number of aromatic nitrogens is 2. The first-order chi connectivity index (χ1) is 8.97. The van der Waals surface area contributed by atoms with Crippen molar-refractivity contribution in [3.8, 4) is 5.69 Å². The number of carboxylic acid groups (broad SMARTS) is 1. The highest BCUT2D eigenvalue weighted by molar-refractivity contribution is 6.31. The van der Waals surface area contributed by atoms with Gasteiger partial charge in [-0.05, 0) is 37.6 Å². The molecule has 1 N–H and O–H groups in total. The third kappa shape index (κ3) is 3.15. The van der Waals surface area contributed by atoms with Crippen LogP contribution in [0.2, 0.25) is 5.02 Å². The maximum atomic E-state index is 10.6. The smallest absolute Gasteiger partial charge is 0.303 e. The molecule has 0 saturated carbocycles. The van der Waals surface area contributed by atoms with Crippen LogP contribution in [0.1, 0.15) is 23.4 Å². The predicted molar refractivity (Wildman–Crippen MR) is 74.0 cm³/mol. The molecule has 0 aliphatic rings. The Hall–Kier alpha value is -1.81. The zero-order valence-corrected chi connectivity index (χ0v) is 11.6. The van der Waals surface area contributed by atoms with E-state index in [1.54, 1.807) is 4.68 Å². The Balaban J connectivity index is 2.29. The highest BCUT2D eigenvalue weighted by Crippen LogP contribution is 2.20. The van der Waals surface area contributed by atoms with Crippen molar-refractivity contribution < 1.29 is 9.90 Å². The van der Waals surface area contributed by atoms with E-state index in [4.69, 9.17) is 16.7 Å². The van der Waals surface area contributed by atoms with Gasteiger partial charge in [-0.2, -0.15) is 5.10 Å². The summed E-state index contributed by atoms with van der Waals surface area (Å²) in [5, 5.41) is 13.8. The normalized spacial score (nSPS) is 10.7. The number of rotatable bonds is 4. The van der Waals surface area contributed by atoms with Crippen LogP contribution in [0, 0.1) is 13.8 Å². The van der Waals surface area contributed by atoms with Crippen molar-refractivity contribution in [1.82, 2.24) is 9.78 Å². The molecule has 100 valence electrons. The van der Waals surface area contributed by atoms with Crippen molar-refractivity contribution in [2.45, 2.75) is 26.7 Å². The summed E-state index contributed by atoms with van der Waals surface area (Å²) in [5.41, 5.74) is 3.63. The Morgan fingerprint density at radius 1 is 1.37 bits per heavy atom. The van der Waals surface area contributed by atoms with Gasteiger partial charge in [0.2, 0.25) is 0 Å². The lowest BCUT2D eigenvalue weighted by atomic mass is 10.2. The van der Waals surface area contributed by atoms with Crippen molar-refractivity contribution in [3.05, 3.63) is 46.2 Å². The van der Waals surface area contributed by atoms with E-state index in [-0.39, 0.29) is 6.42 Å². The van der Waals surface area contributed by atoms with Crippen LogP contribution in [0.15, 0.2) is 24.3 Å². The first-order valence-electron chi connectivity index (χ1n) is 6.01. The summed E-state index contributed by atoms with van der Waals surface area (Å²) in [4.78, 5) is 10.6. The maximum absolute atomic E-state index is 10.6. The molecular weight excluding hydrogens is 264 g/mol. The van der Waals surface area contributed by atoms with E-state index >= 15 is 0 Å². The van der Waals surface area contributed by atoms with E-state index in [1.807, 2.05) is 38.1 Å². The van der Waals surface area contributed by atoms with E-state index < -0.39 is 5.97 Å². The van der Waals surface area contributed by atoms with Crippen LogP contribution in [-0.2, 0) is 11.2 Å². The molecule has 0 amide bonds. The van der Waals surface area contributed by atoms with Gasteiger partial charge in [-0.1, -0.05) is 17.7 Å². The summed E-state index contributed by atoms with van der Waals surface area (Å²) in [7, 11) is 0. The molecule has 0 aliphatic heterocycles. The van der Waals surface area contributed by atoms with Gasteiger partial charge in [0, 0.05) is 17.1 Å². The van der Waals surface area contributed by atoms with Gasteiger partial charge in [-0.3, -0.25) is 4.79 Å². The third-order valence-corrected chi connectivity index (χ3v) is 3.34. The van der Waals surface area contributed by atoms with Crippen molar-refractivity contribution in [2.75, 3.05) is 0 Å². The molecule has 2 rings (SSSR count). The van der Waals surface area contributed by atoms with E-state index in [1.165, 1.54) is 0 Å². The fourth-order valence-electron chi connectivity index (χ4n) is 1.87. The first-order valence-corrected chi connectivity index (χ1v) is 6.39. The average molecular weight is 279 g/mol. The lowest BCUT2D eigenvalue weighted by Crippen LogP contribution is -2.01. The number of halogens is 1. The van der Waals surface area contributed by atoms with Gasteiger partial charge in [0.1, 0.15) is 0 Å². The summed E-state index contributed by atoms with van der Waals surface area (Å²) in [5.74, 6) is -0.814. The van der Waals surface area contributed by atoms with Gasteiger partial charge in [-0.25, -0.2) is 4.68 Å². The summed E-state index contributed by atoms with van der Waals surface area (Å²) < 4.78 is 1.78. The largest absolute Gasteiger partial charge is 0.481 e. The fourth-order valence-corrected chi connectivity index (χ4v) is 2.05. The maximum Gasteiger partial charge on any atom is 0.303 e. The minimum atomic E-state index is -0.814.